The first-order valence-corrected chi connectivity index (χ1v) is 8.49. The van der Waals surface area contributed by atoms with Gasteiger partial charge in [0.25, 0.3) is 5.91 Å². The van der Waals surface area contributed by atoms with Gasteiger partial charge in [0.1, 0.15) is 12.2 Å². The standard InChI is InChI=1S/C20H19N7O/c1-14-7-8-17(26-16-11-22-13-23-12-16)19(25-14)20(28)27-18(21)9-10-24-15-5-3-2-4-6-15/h2-13,24,26H,1H3,(H2,21,27,28)/b10-9-. The lowest BCUT2D eigenvalue weighted by atomic mass is 10.2. The van der Waals surface area contributed by atoms with E-state index < -0.39 is 5.91 Å². The topological polar surface area (TPSA) is 116 Å². The highest BCUT2D eigenvalue weighted by Gasteiger charge is 2.15. The van der Waals surface area contributed by atoms with E-state index in [2.05, 4.69) is 30.9 Å². The summed E-state index contributed by atoms with van der Waals surface area (Å²) in [6, 6.07) is 13.1. The van der Waals surface area contributed by atoms with Crippen LogP contribution in [0.1, 0.15) is 16.2 Å². The van der Waals surface area contributed by atoms with Crippen molar-refractivity contribution in [1.29, 1.82) is 5.41 Å². The molecule has 8 heteroatoms. The van der Waals surface area contributed by atoms with Crippen molar-refractivity contribution < 1.29 is 4.79 Å². The molecule has 140 valence electrons. The molecule has 3 rings (SSSR count). The smallest absolute Gasteiger partial charge is 0.277 e. The zero-order chi connectivity index (χ0) is 19.8. The van der Waals surface area contributed by atoms with Gasteiger partial charge < -0.3 is 16.0 Å². The third-order valence-corrected chi connectivity index (χ3v) is 3.61. The molecule has 2 aromatic heterocycles. The van der Waals surface area contributed by atoms with Gasteiger partial charge in [0.05, 0.1) is 23.8 Å². The summed E-state index contributed by atoms with van der Waals surface area (Å²) in [4.78, 5) is 24.8. The molecule has 8 nitrogen and oxygen atoms in total. The largest absolute Gasteiger partial charge is 0.362 e. The normalized spacial score (nSPS) is 10.5. The molecule has 0 spiro atoms. The molecule has 0 radical (unpaired) electrons. The van der Waals surface area contributed by atoms with Crippen LogP contribution in [0.5, 0.6) is 0 Å². The van der Waals surface area contributed by atoms with Gasteiger partial charge in [-0.25, -0.2) is 15.0 Å². The predicted molar refractivity (Wildman–Crippen MR) is 109 cm³/mol. The van der Waals surface area contributed by atoms with Gasteiger partial charge in [0.15, 0.2) is 5.69 Å². The van der Waals surface area contributed by atoms with E-state index >= 15 is 0 Å². The van der Waals surface area contributed by atoms with Crippen molar-refractivity contribution >= 4 is 28.8 Å². The summed E-state index contributed by atoms with van der Waals surface area (Å²) in [5.41, 5.74) is 2.88. The second-order valence-corrected chi connectivity index (χ2v) is 5.81. The van der Waals surface area contributed by atoms with E-state index in [1.165, 1.54) is 12.4 Å². The average Bonchev–Trinajstić information content (AvgIpc) is 2.71. The summed E-state index contributed by atoms with van der Waals surface area (Å²) in [7, 11) is 0. The van der Waals surface area contributed by atoms with Crippen molar-refractivity contribution in [1.82, 2.24) is 20.3 Å². The van der Waals surface area contributed by atoms with Crippen LogP contribution in [-0.2, 0) is 0 Å². The maximum absolute atomic E-state index is 12.6. The summed E-state index contributed by atoms with van der Waals surface area (Å²) in [5, 5.41) is 16.6. The van der Waals surface area contributed by atoms with E-state index in [0.29, 0.717) is 17.1 Å². The maximum atomic E-state index is 12.6. The number of amidine groups is 1. The van der Waals surface area contributed by atoms with E-state index in [0.717, 1.165) is 5.69 Å². The van der Waals surface area contributed by atoms with Gasteiger partial charge in [-0.15, -0.1) is 0 Å². The number of nitrogens with zero attached hydrogens (tertiary/aromatic N) is 3. The third-order valence-electron chi connectivity index (χ3n) is 3.61. The molecule has 0 saturated carbocycles. The van der Waals surface area contributed by atoms with Crippen LogP contribution in [0.4, 0.5) is 17.1 Å². The number of hydrogen-bond acceptors (Lipinski definition) is 7. The van der Waals surface area contributed by atoms with E-state index in [1.54, 1.807) is 37.7 Å². The number of para-hydroxylation sites is 1. The number of anilines is 3. The minimum atomic E-state index is -0.489. The number of nitrogens with one attached hydrogen (secondary N) is 4. The number of carbonyl (C=O) groups excluding carboxylic acids is 1. The van der Waals surface area contributed by atoms with Crippen LogP contribution in [0.15, 0.2) is 73.5 Å². The van der Waals surface area contributed by atoms with E-state index in [9.17, 15) is 4.79 Å². The second kappa shape index (κ2) is 9.04. The van der Waals surface area contributed by atoms with Gasteiger partial charge in [-0.05, 0) is 37.3 Å². The highest BCUT2D eigenvalue weighted by molar-refractivity contribution is 6.10. The highest BCUT2D eigenvalue weighted by Crippen LogP contribution is 2.19. The molecule has 0 unspecified atom stereocenters. The van der Waals surface area contributed by atoms with Gasteiger partial charge in [0.2, 0.25) is 0 Å². The molecule has 0 aliphatic carbocycles. The van der Waals surface area contributed by atoms with Crippen LogP contribution in [0.25, 0.3) is 0 Å². The number of carbonyl (C=O) groups is 1. The lowest BCUT2D eigenvalue weighted by Gasteiger charge is -2.11. The van der Waals surface area contributed by atoms with Gasteiger partial charge in [-0.2, -0.15) is 0 Å². The van der Waals surface area contributed by atoms with Crippen molar-refractivity contribution in [3.8, 4) is 0 Å². The van der Waals surface area contributed by atoms with Crippen molar-refractivity contribution in [3.63, 3.8) is 0 Å². The first-order valence-electron chi connectivity index (χ1n) is 8.49. The number of hydrogen-bond donors (Lipinski definition) is 4. The molecular weight excluding hydrogens is 354 g/mol. The van der Waals surface area contributed by atoms with Crippen molar-refractivity contribution in [3.05, 3.63) is 84.8 Å². The number of benzene rings is 1. The lowest BCUT2D eigenvalue weighted by molar-refractivity contribution is 0.0973. The van der Waals surface area contributed by atoms with Gasteiger partial charge in [-0.1, -0.05) is 18.2 Å². The fourth-order valence-corrected chi connectivity index (χ4v) is 2.33. The van der Waals surface area contributed by atoms with Crippen LogP contribution in [0.2, 0.25) is 0 Å². The lowest BCUT2D eigenvalue weighted by Crippen LogP contribution is -2.30. The molecule has 0 atom stereocenters. The first-order chi connectivity index (χ1) is 13.6. The Morgan fingerprint density at radius 3 is 2.54 bits per heavy atom. The zero-order valence-electron chi connectivity index (χ0n) is 15.2. The highest BCUT2D eigenvalue weighted by atomic mass is 16.2. The molecule has 0 aliphatic heterocycles. The Labute approximate surface area is 162 Å². The third kappa shape index (κ3) is 5.21. The van der Waals surface area contributed by atoms with Crippen LogP contribution >= 0.6 is 0 Å². The van der Waals surface area contributed by atoms with Crippen LogP contribution < -0.4 is 16.0 Å². The summed E-state index contributed by atoms with van der Waals surface area (Å²) >= 11 is 0. The van der Waals surface area contributed by atoms with Crippen molar-refractivity contribution in [2.75, 3.05) is 10.6 Å². The number of rotatable bonds is 6. The molecule has 0 bridgehead atoms. The Morgan fingerprint density at radius 1 is 1.04 bits per heavy atom. The van der Waals surface area contributed by atoms with E-state index in [1.807, 2.05) is 30.3 Å². The molecule has 0 fully saturated rings. The molecular formula is C20H19N7O. The summed E-state index contributed by atoms with van der Waals surface area (Å²) in [6.45, 7) is 1.79. The fraction of sp³-hybridized carbons (Fsp3) is 0.0500. The average molecular weight is 373 g/mol. The SMILES string of the molecule is Cc1ccc(Nc2cncnc2)c(C(=O)NC(=N)/C=C\Nc2ccccc2)n1. The molecule has 1 aromatic carbocycles. The second-order valence-electron chi connectivity index (χ2n) is 5.81. The van der Waals surface area contributed by atoms with E-state index in [4.69, 9.17) is 5.41 Å². The fourth-order valence-electron chi connectivity index (χ4n) is 2.33. The number of aryl methyl sites for hydroxylation is 1. The van der Waals surface area contributed by atoms with Crippen molar-refractivity contribution in [2.45, 2.75) is 6.92 Å². The number of aromatic nitrogens is 3. The molecule has 0 saturated heterocycles. The van der Waals surface area contributed by atoms with Crippen LogP contribution in [0, 0.1) is 12.3 Å². The molecule has 0 aliphatic rings. The number of pyridine rings is 1. The summed E-state index contributed by atoms with van der Waals surface area (Å²) in [5.74, 6) is -0.553. The Morgan fingerprint density at radius 2 is 1.79 bits per heavy atom. The minimum Gasteiger partial charge on any atom is -0.362 e. The molecule has 4 N–H and O–H groups in total. The summed E-state index contributed by atoms with van der Waals surface area (Å²) in [6.07, 6.45) is 7.65. The zero-order valence-corrected chi connectivity index (χ0v) is 15.2. The Balaban J connectivity index is 1.67. The van der Waals surface area contributed by atoms with Crippen LogP contribution in [0.3, 0.4) is 0 Å². The first kappa shape index (κ1) is 18.7. The van der Waals surface area contributed by atoms with Gasteiger partial charge >= 0.3 is 0 Å². The molecule has 1 amide bonds. The van der Waals surface area contributed by atoms with E-state index in [-0.39, 0.29) is 11.5 Å². The monoisotopic (exact) mass is 373 g/mol. The molecule has 2 heterocycles. The Bertz CT molecular complexity index is 988. The quantitative estimate of drug-likeness (QED) is 0.389. The Kier molecular flexibility index (Phi) is 6.04. The summed E-state index contributed by atoms with van der Waals surface area (Å²) < 4.78 is 0. The molecule has 28 heavy (non-hydrogen) atoms. The molecule has 3 aromatic rings. The van der Waals surface area contributed by atoms with Crippen LogP contribution in [-0.4, -0.2) is 26.7 Å². The number of amides is 1. The van der Waals surface area contributed by atoms with Gasteiger partial charge in [-0.3, -0.25) is 10.2 Å². The minimum absolute atomic E-state index is 0.0641. The van der Waals surface area contributed by atoms with Gasteiger partial charge in [0, 0.05) is 17.6 Å². The predicted octanol–water partition coefficient (Wildman–Crippen LogP) is 3.26. The maximum Gasteiger partial charge on any atom is 0.277 e. The van der Waals surface area contributed by atoms with Crippen molar-refractivity contribution in [2.24, 2.45) is 0 Å². The Hall–Kier alpha value is -4.07.